The maximum Gasteiger partial charge on any atom is 0.0385 e. The zero-order valence-electron chi connectivity index (χ0n) is 13.9. The Kier molecular flexibility index (Phi) is 7.08. The highest BCUT2D eigenvalue weighted by atomic mass is 15.1. The van der Waals surface area contributed by atoms with E-state index >= 15 is 0 Å². The van der Waals surface area contributed by atoms with Gasteiger partial charge in [0.05, 0.1) is 0 Å². The van der Waals surface area contributed by atoms with Gasteiger partial charge in [0.25, 0.3) is 0 Å². The van der Waals surface area contributed by atoms with E-state index in [2.05, 4.69) is 48.3 Å². The number of hydrogen-bond donors (Lipinski definition) is 1. The van der Waals surface area contributed by atoms with Gasteiger partial charge in [-0.3, -0.25) is 4.90 Å². The molecule has 2 nitrogen and oxygen atoms in total. The highest BCUT2D eigenvalue weighted by molar-refractivity contribution is 5.51. The third-order valence-corrected chi connectivity index (χ3v) is 4.90. The number of para-hydroxylation sites is 1. The van der Waals surface area contributed by atoms with Crippen LogP contribution in [0.5, 0.6) is 0 Å². The molecule has 0 amide bonds. The standard InChI is InChI=1S/C19H32N2/c1-3-21(4-2)16-18-12-8-9-13-19(18)20-15-14-17-10-6-5-7-11-17/h8-9,12-13,17,20H,3-7,10-11,14-16H2,1-2H3. The van der Waals surface area contributed by atoms with Crippen molar-refractivity contribution in [1.29, 1.82) is 0 Å². The van der Waals surface area contributed by atoms with Crippen LogP contribution in [0.4, 0.5) is 5.69 Å². The summed E-state index contributed by atoms with van der Waals surface area (Å²) in [6, 6.07) is 8.81. The van der Waals surface area contributed by atoms with Crippen molar-refractivity contribution >= 4 is 5.69 Å². The lowest BCUT2D eigenvalue weighted by molar-refractivity contribution is 0.296. The highest BCUT2D eigenvalue weighted by Gasteiger charge is 2.13. The molecule has 1 aromatic carbocycles. The maximum atomic E-state index is 3.69. The van der Waals surface area contributed by atoms with Gasteiger partial charge in [-0.1, -0.05) is 64.2 Å². The molecule has 1 fully saturated rings. The fourth-order valence-electron chi connectivity index (χ4n) is 3.41. The molecule has 21 heavy (non-hydrogen) atoms. The second-order valence-corrected chi connectivity index (χ2v) is 6.34. The highest BCUT2D eigenvalue weighted by Crippen LogP contribution is 2.26. The summed E-state index contributed by atoms with van der Waals surface area (Å²) in [6.45, 7) is 8.89. The molecule has 1 saturated carbocycles. The Hall–Kier alpha value is -1.02. The van der Waals surface area contributed by atoms with E-state index in [4.69, 9.17) is 0 Å². The van der Waals surface area contributed by atoms with Gasteiger partial charge in [0.15, 0.2) is 0 Å². The van der Waals surface area contributed by atoms with Gasteiger partial charge in [-0.05, 0) is 37.1 Å². The molecule has 1 aromatic rings. The second kappa shape index (κ2) is 9.09. The zero-order chi connectivity index (χ0) is 14.9. The van der Waals surface area contributed by atoms with Gasteiger partial charge in [0.2, 0.25) is 0 Å². The smallest absolute Gasteiger partial charge is 0.0385 e. The predicted octanol–water partition coefficient (Wildman–Crippen LogP) is 4.91. The fraction of sp³-hybridized carbons (Fsp3) is 0.684. The first-order valence-electron chi connectivity index (χ1n) is 8.87. The summed E-state index contributed by atoms with van der Waals surface area (Å²) in [5, 5.41) is 3.69. The van der Waals surface area contributed by atoms with Crippen molar-refractivity contribution in [2.75, 3.05) is 25.0 Å². The Morgan fingerprint density at radius 1 is 1.05 bits per heavy atom. The van der Waals surface area contributed by atoms with Crippen molar-refractivity contribution in [2.24, 2.45) is 5.92 Å². The lowest BCUT2D eigenvalue weighted by atomic mass is 9.87. The van der Waals surface area contributed by atoms with E-state index < -0.39 is 0 Å². The number of rotatable bonds is 8. The summed E-state index contributed by atoms with van der Waals surface area (Å²) < 4.78 is 0. The number of nitrogens with zero attached hydrogens (tertiary/aromatic N) is 1. The Morgan fingerprint density at radius 2 is 1.76 bits per heavy atom. The van der Waals surface area contributed by atoms with E-state index in [1.165, 1.54) is 49.8 Å². The molecule has 1 aliphatic rings. The summed E-state index contributed by atoms with van der Waals surface area (Å²) in [4.78, 5) is 2.47. The maximum absolute atomic E-state index is 3.69. The van der Waals surface area contributed by atoms with Crippen LogP contribution < -0.4 is 5.32 Å². The van der Waals surface area contributed by atoms with Crippen molar-refractivity contribution in [3.63, 3.8) is 0 Å². The minimum atomic E-state index is 0.959. The van der Waals surface area contributed by atoms with Gasteiger partial charge >= 0.3 is 0 Å². The van der Waals surface area contributed by atoms with E-state index in [-0.39, 0.29) is 0 Å². The average Bonchev–Trinajstić information content (AvgIpc) is 2.55. The Labute approximate surface area is 130 Å². The first-order chi connectivity index (χ1) is 10.3. The Morgan fingerprint density at radius 3 is 2.48 bits per heavy atom. The molecule has 0 aliphatic heterocycles. The van der Waals surface area contributed by atoms with Crippen LogP contribution in [0.25, 0.3) is 0 Å². The molecule has 1 N–H and O–H groups in total. The van der Waals surface area contributed by atoms with Gasteiger partial charge in [-0.2, -0.15) is 0 Å². The second-order valence-electron chi connectivity index (χ2n) is 6.34. The van der Waals surface area contributed by atoms with Crippen LogP contribution in [0, 0.1) is 5.92 Å². The molecule has 0 unspecified atom stereocenters. The van der Waals surface area contributed by atoms with Gasteiger partial charge in [0.1, 0.15) is 0 Å². The van der Waals surface area contributed by atoms with Crippen LogP contribution in [0.2, 0.25) is 0 Å². The number of nitrogens with one attached hydrogen (secondary N) is 1. The summed E-state index contributed by atoms with van der Waals surface area (Å²) >= 11 is 0. The molecule has 2 heteroatoms. The van der Waals surface area contributed by atoms with Crippen LogP contribution in [-0.2, 0) is 6.54 Å². The van der Waals surface area contributed by atoms with E-state index in [0.29, 0.717) is 0 Å². The molecule has 2 rings (SSSR count). The van der Waals surface area contributed by atoms with Crippen molar-refractivity contribution in [1.82, 2.24) is 4.90 Å². The number of hydrogen-bond acceptors (Lipinski definition) is 2. The largest absolute Gasteiger partial charge is 0.385 e. The van der Waals surface area contributed by atoms with Gasteiger partial charge in [0, 0.05) is 18.8 Å². The first-order valence-corrected chi connectivity index (χ1v) is 8.87. The van der Waals surface area contributed by atoms with E-state index in [0.717, 1.165) is 32.1 Å². The summed E-state index contributed by atoms with van der Waals surface area (Å²) in [6.07, 6.45) is 8.58. The molecular formula is C19H32N2. The minimum absolute atomic E-state index is 0.959. The van der Waals surface area contributed by atoms with Gasteiger partial charge < -0.3 is 5.32 Å². The Balaban J connectivity index is 1.84. The quantitative estimate of drug-likeness (QED) is 0.731. The summed E-state index contributed by atoms with van der Waals surface area (Å²) in [5.41, 5.74) is 2.77. The molecule has 0 atom stereocenters. The van der Waals surface area contributed by atoms with Crippen LogP contribution in [0.1, 0.15) is 57.9 Å². The minimum Gasteiger partial charge on any atom is -0.385 e. The lowest BCUT2D eigenvalue weighted by Crippen LogP contribution is -2.23. The summed E-state index contributed by atoms with van der Waals surface area (Å²) in [7, 11) is 0. The monoisotopic (exact) mass is 288 g/mol. The van der Waals surface area contributed by atoms with E-state index in [9.17, 15) is 0 Å². The molecule has 0 heterocycles. The first kappa shape index (κ1) is 16.4. The zero-order valence-corrected chi connectivity index (χ0v) is 13.9. The third kappa shape index (κ3) is 5.35. The van der Waals surface area contributed by atoms with Crippen LogP contribution in [0.3, 0.4) is 0 Å². The van der Waals surface area contributed by atoms with Crippen molar-refractivity contribution in [3.8, 4) is 0 Å². The number of benzene rings is 1. The van der Waals surface area contributed by atoms with Crippen LogP contribution in [0.15, 0.2) is 24.3 Å². The number of anilines is 1. The molecule has 0 saturated heterocycles. The van der Waals surface area contributed by atoms with Gasteiger partial charge in [-0.25, -0.2) is 0 Å². The molecule has 0 radical (unpaired) electrons. The lowest BCUT2D eigenvalue weighted by Gasteiger charge is -2.23. The SMILES string of the molecule is CCN(CC)Cc1ccccc1NCCC1CCCCC1. The molecular weight excluding hydrogens is 256 g/mol. The van der Waals surface area contributed by atoms with Crippen molar-refractivity contribution in [2.45, 2.75) is 58.9 Å². The van der Waals surface area contributed by atoms with E-state index in [1.807, 2.05) is 0 Å². The van der Waals surface area contributed by atoms with E-state index in [1.54, 1.807) is 0 Å². The predicted molar refractivity (Wildman–Crippen MR) is 92.7 cm³/mol. The van der Waals surface area contributed by atoms with Gasteiger partial charge in [-0.15, -0.1) is 0 Å². The van der Waals surface area contributed by atoms with Crippen molar-refractivity contribution in [3.05, 3.63) is 29.8 Å². The van der Waals surface area contributed by atoms with Crippen LogP contribution in [-0.4, -0.2) is 24.5 Å². The van der Waals surface area contributed by atoms with Crippen LogP contribution >= 0.6 is 0 Å². The molecule has 118 valence electrons. The fourth-order valence-corrected chi connectivity index (χ4v) is 3.41. The molecule has 1 aliphatic carbocycles. The molecule has 0 bridgehead atoms. The normalized spacial score (nSPS) is 16.3. The topological polar surface area (TPSA) is 15.3 Å². The Bertz CT molecular complexity index is 392. The summed E-state index contributed by atoms with van der Waals surface area (Å²) in [5.74, 6) is 0.959. The average molecular weight is 288 g/mol. The van der Waals surface area contributed by atoms with Crippen molar-refractivity contribution < 1.29 is 0 Å². The molecule has 0 spiro atoms. The molecule has 0 aromatic heterocycles. The third-order valence-electron chi connectivity index (χ3n) is 4.90.